The van der Waals surface area contributed by atoms with Crippen molar-refractivity contribution in [2.75, 3.05) is 30.4 Å². The number of rotatable bonds is 7. The monoisotopic (exact) mass is 334 g/mol. The summed E-state index contributed by atoms with van der Waals surface area (Å²) in [6.07, 6.45) is 1.10. The van der Waals surface area contributed by atoms with Crippen LogP contribution in [0.15, 0.2) is 18.2 Å². The van der Waals surface area contributed by atoms with Crippen LogP contribution in [0.3, 0.4) is 0 Å². The summed E-state index contributed by atoms with van der Waals surface area (Å²) in [5.41, 5.74) is 0.186. The molecular formula is C12H15ClN2O5S. The fourth-order valence-electron chi connectivity index (χ4n) is 1.41. The topological polar surface area (TPSA) is 113 Å². The van der Waals surface area contributed by atoms with Crippen molar-refractivity contribution >= 4 is 39.0 Å². The van der Waals surface area contributed by atoms with Gasteiger partial charge in [-0.25, -0.2) is 13.2 Å². The number of carboxylic acid groups (broad SMARTS) is 1. The smallest absolute Gasteiger partial charge is 0.335 e. The molecule has 116 valence electrons. The van der Waals surface area contributed by atoms with Gasteiger partial charge in [0.2, 0.25) is 5.91 Å². The number of anilines is 1. The lowest BCUT2D eigenvalue weighted by Gasteiger charge is -2.09. The minimum absolute atomic E-state index is 0.000245. The maximum absolute atomic E-state index is 11.6. The normalized spacial score (nSPS) is 11.1. The molecule has 1 aromatic rings. The molecule has 3 N–H and O–H groups in total. The quantitative estimate of drug-likeness (QED) is 0.630. The number of aromatic carboxylic acids is 1. The second kappa shape index (κ2) is 7.39. The van der Waals surface area contributed by atoms with Crippen molar-refractivity contribution in [1.82, 2.24) is 5.32 Å². The number of hydrogen-bond acceptors (Lipinski definition) is 5. The van der Waals surface area contributed by atoms with Crippen LogP contribution in [0.5, 0.6) is 0 Å². The van der Waals surface area contributed by atoms with Gasteiger partial charge in [-0.15, -0.1) is 0 Å². The summed E-state index contributed by atoms with van der Waals surface area (Å²) in [6.45, 7) is 0.0400. The van der Waals surface area contributed by atoms with Gasteiger partial charge in [-0.2, -0.15) is 0 Å². The van der Waals surface area contributed by atoms with Crippen molar-refractivity contribution in [3.8, 4) is 0 Å². The van der Waals surface area contributed by atoms with Crippen LogP contribution in [0.1, 0.15) is 10.4 Å². The second-order valence-electron chi connectivity index (χ2n) is 4.35. The summed E-state index contributed by atoms with van der Waals surface area (Å²) in [5, 5.41) is 14.2. The summed E-state index contributed by atoms with van der Waals surface area (Å²) in [5.74, 6) is -1.66. The largest absolute Gasteiger partial charge is 0.478 e. The van der Waals surface area contributed by atoms with Gasteiger partial charge in [0.05, 0.1) is 28.6 Å². The molecule has 0 aromatic heterocycles. The first kappa shape index (κ1) is 17.4. The third-order valence-corrected chi connectivity index (χ3v) is 3.70. The third kappa shape index (κ3) is 6.56. The molecule has 7 nitrogen and oxygen atoms in total. The summed E-state index contributed by atoms with van der Waals surface area (Å²) in [7, 11) is -3.08. The van der Waals surface area contributed by atoms with Gasteiger partial charge < -0.3 is 15.7 Å². The van der Waals surface area contributed by atoms with E-state index in [1.165, 1.54) is 18.2 Å². The van der Waals surface area contributed by atoms with Crippen LogP contribution >= 0.6 is 11.6 Å². The first-order valence-corrected chi connectivity index (χ1v) is 8.34. The molecule has 9 heteroatoms. The van der Waals surface area contributed by atoms with E-state index in [2.05, 4.69) is 10.6 Å². The number of benzene rings is 1. The van der Waals surface area contributed by atoms with Crippen LogP contribution in [0.2, 0.25) is 5.02 Å². The van der Waals surface area contributed by atoms with Gasteiger partial charge in [-0.1, -0.05) is 11.6 Å². The molecule has 0 saturated heterocycles. The Labute approximate surface area is 127 Å². The van der Waals surface area contributed by atoms with Crippen molar-refractivity contribution < 1.29 is 23.1 Å². The van der Waals surface area contributed by atoms with Crippen LogP contribution in [0.25, 0.3) is 0 Å². The SMILES string of the molecule is CS(=O)(=O)CCNCC(=O)Nc1cc(C(=O)O)ccc1Cl. The fourth-order valence-corrected chi connectivity index (χ4v) is 2.09. The van der Waals surface area contributed by atoms with E-state index in [1.54, 1.807) is 0 Å². The zero-order valence-electron chi connectivity index (χ0n) is 11.2. The Bertz CT molecular complexity index is 645. The first-order valence-electron chi connectivity index (χ1n) is 5.90. The highest BCUT2D eigenvalue weighted by molar-refractivity contribution is 7.90. The summed E-state index contributed by atoms with van der Waals surface area (Å²) in [4.78, 5) is 22.5. The summed E-state index contributed by atoms with van der Waals surface area (Å²) < 4.78 is 21.8. The summed E-state index contributed by atoms with van der Waals surface area (Å²) >= 11 is 5.86. The summed E-state index contributed by atoms with van der Waals surface area (Å²) in [6, 6.07) is 3.95. The van der Waals surface area contributed by atoms with Crippen molar-refractivity contribution in [1.29, 1.82) is 0 Å². The molecule has 0 unspecified atom stereocenters. The van der Waals surface area contributed by atoms with Crippen LogP contribution in [-0.4, -0.2) is 50.5 Å². The van der Waals surface area contributed by atoms with Crippen LogP contribution in [-0.2, 0) is 14.6 Å². The van der Waals surface area contributed by atoms with Crippen LogP contribution in [0, 0.1) is 0 Å². The number of carbonyl (C=O) groups is 2. The maximum atomic E-state index is 11.6. The Morgan fingerprint density at radius 1 is 1.33 bits per heavy atom. The van der Waals surface area contributed by atoms with Gasteiger partial charge >= 0.3 is 5.97 Å². The molecule has 1 rings (SSSR count). The maximum Gasteiger partial charge on any atom is 0.335 e. The number of sulfone groups is 1. The molecule has 0 aliphatic carbocycles. The highest BCUT2D eigenvalue weighted by Gasteiger charge is 2.10. The van der Waals surface area contributed by atoms with Gasteiger partial charge in [-0.3, -0.25) is 4.79 Å². The van der Waals surface area contributed by atoms with Gasteiger partial charge in [-0.05, 0) is 18.2 Å². The van der Waals surface area contributed by atoms with E-state index in [9.17, 15) is 18.0 Å². The van der Waals surface area contributed by atoms with Gasteiger partial charge in [0.25, 0.3) is 0 Å². The molecule has 0 fully saturated rings. The van der Waals surface area contributed by atoms with Gasteiger partial charge in [0, 0.05) is 12.8 Å². The van der Waals surface area contributed by atoms with E-state index in [1.807, 2.05) is 0 Å². The third-order valence-electron chi connectivity index (χ3n) is 2.42. The molecule has 0 saturated carbocycles. The molecular weight excluding hydrogens is 320 g/mol. The molecule has 0 radical (unpaired) electrons. The van der Waals surface area contributed by atoms with E-state index in [-0.39, 0.29) is 35.1 Å². The Morgan fingerprint density at radius 3 is 2.57 bits per heavy atom. The van der Waals surface area contributed by atoms with Crippen molar-refractivity contribution in [2.45, 2.75) is 0 Å². The highest BCUT2D eigenvalue weighted by atomic mass is 35.5. The molecule has 1 aromatic carbocycles. The average molecular weight is 335 g/mol. The number of carbonyl (C=O) groups excluding carboxylic acids is 1. The van der Waals surface area contributed by atoms with E-state index in [0.717, 1.165) is 6.26 Å². The van der Waals surface area contributed by atoms with Crippen molar-refractivity contribution in [2.24, 2.45) is 0 Å². The predicted octanol–water partition coefficient (Wildman–Crippen LogP) is 0.611. The Kier molecular flexibility index (Phi) is 6.13. The van der Waals surface area contributed by atoms with E-state index < -0.39 is 21.7 Å². The number of carboxylic acids is 1. The standard InChI is InChI=1S/C12H15ClN2O5S/c1-21(19,20)5-4-14-7-11(16)15-10-6-8(12(17)18)2-3-9(10)13/h2-3,6,14H,4-5,7H2,1H3,(H,15,16)(H,17,18). The van der Waals surface area contributed by atoms with Crippen molar-refractivity contribution in [3.05, 3.63) is 28.8 Å². The molecule has 0 spiro atoms. The van der Waals surface area contributed by atoms with Gasteiger partial charge in [0.15, 0.2) is 0 Å². The lowest BCUT2D eigenvalue weighted by molar-refractivity contribution is -0.115. The predicted molar refractivity (Wildman–Crippen MR) is 79.6 cm³/mol. The Morgan fingerprint density at radius 2 is 2.00 bits per heavy atom. The molecule has 1 amide bonds. The number of nitrogens with one attached hydrogen (secondary N) is 2. The van der Waals surface area contributed by atoms with E-state index in [0.29, 0.717) is 0 Å². The first-order chi connectivity index (χ1) is 9.69. The molecule has 21 heavy (non-hydrogen) atoms. The van der Waals surface area contributed by atoms with E-state index in [4.69, 9.17) is 16.7 Å². The lowest BCUT2D eigenvalue weighted by atomic mass is 10.2. The number of hydrogen-bond donors (Lipinski definition) is 3. The lowest BCUT2D eigenvalue weighted by Crippen LogP contribution is -2.31. The Balaban J connectivity index is 2.55. The Hall–Kier alpha value is -1.64. The van der Waals surface area contributed by atoms with Crippen molar-refractivity contribution in [3.63, 3.8) is 0 Å². The molecule has 0 aliphatic heterocycles. The minimum atomic E-state index is -3.08. The fraction of sp³-hybridized carbons (Fsp3) is 0.333. The molecule has 0 bridgehead atoms. The van der Waals surface area contributed by atoms with Crippen LogP contribution < -0.4 is 10.6 Å². The molecule has 0 heterocycles. The van der Waals surface area contributed by atoms with E-state index >= 15 is 0 Å². The second-order valence-corrected chi connectivity index (χ2v) is 7.02. The highest BCUT2D eigenvalue weighted by Crippen LogP contribution is 2.22. The average Bonchev–Trinajstić information content (AvgIpc) is 2.36. The number of halogens is 1. The number of amides is 1. The molecule has 0 atom stereocenters. The van der Waals surface area contributed by atoms with Gasteiger partial charge in [0.1, 0.15) is 9.84 Å². The van der Waals surface area contributed by atoms with Crippen LogP contribution in [0.4, 0.5) is 5.69 Å². The molecule has 0 aliphatic rings. The zero-order chi connectivity index (χ0) is 16.0. The zero-order valence-corrected chi connectivity index (χ0v) is 12.8. The minimum Gasteiger partial charge on any atom is -0.478 e.